The van der Waals surface area contributed by atoms with Gasteiger partial charge in [0.05, 0.1) is 38.2 Å². The van der Waals surface area contributed by atoms with Crippen LogP contribution >= 0.6 is 0 Å². The average Bonchev–Trinajstić information content (AvgIpc) is 2.73. The van der Waals surface area contributed by atoms with Crippen LogP contribution in [0.15, 0.2) is 25.0 Å². The molecule has 90 valence electrons. The number of ether oxygens (including phenoxy) is 1. The summed E-state index contributed by atoms with van der Waals surface area (Å²) in [5.41, 5.74) is 1.00. The second-order valence-corrected chi connectivity index (χ2v) is 3.33. The SMILES string of the molecule is C=CCCNc1cnn(CCOCCO)c1. The zero-order chi connectivity index (χ0) is 11.6. The number of rotatable bonds is 9. The predicted molar refractivity (Wildman–Crippen MR) is 63.4 cm³/mol. The maximum absolute atomic E-state index is 8.52. The quantitative estimate of drug-likeness (QED) is 0.484. The first-order valence-corrected chi connectivity index (χ1v) is 5.42. The molecule has 0 radical (unpaired) electrons. The highest BCUT2D eigenvalue weighted by Crippen LogP contribution is 2.04. The molecule has 0 bridgehead atoms. The lowest BCUT2D eigenvalue weighted by atomic mass is 10.4. The number of aromatic nitrogens is 2. The summed E-state index contributed by atoms with van der Waals surface area (Å²) in [6, 6.07) is 0. The Kier molecular flexibility index (Phi) is 6.29. The van der Waals surface area contributed by atoms with Gasteiger partial charge in [-0.2, -0.15) is 5.10 Å². The summed E-state index contributed by atoms with van der Waals surface area (Å²) in [5, 5.41) is 15.9. The largest absolute Gasteiger partial charge is 0.394 e. The Hall–Kier alpha value is -1.33. The van der Waals surface area contributed by atoms with E-state index in [1.807, 2.05) is 17.0 Å². The minimum atomic E-state index is 0.0630. The minimum Gasteiger partial charge on any atom is -0.394 e. The Morgan fingerprint density at radius 2 is 2.44 bits per heavy atom. The van der Waals surface area contributed by atoms with Crippen LogP contribution in [0.25, 0.3) is 0 Å². The highest BCUT2D eigenvalue weighted by molar-refractivity contribution is 5.37. The van der Waals surface area contributed by atoms with Crippen molar-refractivity contribution in [3.8, 4) is 0 Å². The van der Waals surface area contributed by atoms with Gasteiger partial charge in [0.2, 0.25) is 0 Å². The molecule has 0 aliphatic heterocycles. The highest BCUT2D eigenvalue weighted by atomic mass is 16.5. The average molecular weight is 225 g/mol. The molecule has 0 aliphatic rings. The molecular formula is C11H19N3O2. The number of hydrogen-bond acceptors (Lipinski definition) is 4. The van der Waals surface area contributed by atoms with Gasteiger partial charge >= 0.3 is 0 Å². The monoisotopic (exact) mass is 225 g/mol. The zero-order valence-electron chi connectivity index (χ0n) is 9.43. The molecule has 1 heterocycles. The third kappa shape index (κ3) is 4.95. The van der Waals surface area contributed by atoms with Crippen molar-refractivity contribution in [1.82, 2.24) is 9.78 Å². The van der Waals surface area contributed by atoms with Crippen molar-refractivity contribution in [2.24, 2.45) is 0 Å². The minimum absolute atomic E-state index is 0.0630. The van der Waals surface area contributed by atoms with Crippen LogP contribution in [-0.4, -0.2) is 41.3 Å². The first kappa shape index (κ1) is 12.7. The zero-order valence-corrected chi connectivity index (χ0v) is 9.43. The van der Waals surface area contributed by atoms with Crippen LogP contribution in [0.2, 0.25) is 0 Å². The molecule has 0 saturated heterocycles. The number of hydrogen-bond donors (Lipinski definition) is 2. The van der Waals surface area contributed by atoms with Crippen molar-refractivity contribution >= 4 is 5.69 Å². The Morgan fingerprint density at radius 1 is 1.56 bits per heavy atom. The lowest BCUT2D eigenvalue weighted by Gasteiger charge is -2.02. The summed E-state index contributed by atoms with van der Waals surface area (Å²) in [5.74, 6) is 0. The van der Waals surface area contributed by atoms with Crippen molar-refractivity contribution in [2.45, 2.75) is 13.0 Å². The third-order valence-electron chi connectivity index (χ3n) is 2.01. The fourth-order valence-corrected chi connectivity index (χ4v) is 1.22. The van der Waals surface area contributed by atoms with Crippen molar-refractivity contribution in [3.05, 3.63) is 25.0 Å². The number of aliphatic hydroxyl groups excluding tert-OH is 1. The van der Waals surface area contributed by atoms with Gasteiger partial charge in [-0.1, -0.05) is 6.08 Å². The van der Waals surface area contributed by atoms with Crippen molar-refractivity contribution in [2.75, 3.05) is 31.7 Å². The molecule has 0 spiro atoms. The molecule has 0 unspecified atom stereocenters. The molecule has 1 rings (SSSR count). The number of nitrogens with zero attached hydrogens (tertiary/aromatic N) is 2. The van der Waals surface area contributed by atoms with E-state index in [1.54, 1.807) is 6.20 Å². The Labute approximate surface area is 95.7 Å². The molecule has 16 heavy (non-hydrogen) atoms. The van der Waals surface area contributed by atoms with E-state index in [2.05, 4.69) is 17.0 Å². The summed E-state index contributed by atoms with van der Waals surface area (Å²) < 4.78 is 6.96. The smallest absolute Gasteiger partial charge is 0.0726 e. The molecule has 1 aromatic rings. The fraction of sp³-hybridized carbons (Fsp3) is 0.545. The molecule has 5 nitrogen and oxygen atoms in total. The molecule has 0 amide bonds. The normalized spacial score (nSPS) is 10.3. The second kappa shape index (κ2) is 7.90. The number of nitrogens with one attached hydrogen (secondary N) is 1. The van der Waals surface area contributed by atoms with Crippen LogP contribution in [0.5, 0.6) is 0 Å². The number of aliphatic hydroxyl groups is 1. The molecule has 5 heteroatoms. The van der Waals surface area contributed by atoms with E-state index in [0.29, 0.717) is 19.8 Å². The highest BCUT2D eigenvalue weighted by Gasteiger charge is 1.97. The van der Waals surface area contributed by atoms with Crippen molar-refractivity contribution in [3.63, 3.8) is 0 Å². The van der Waals surface area contributed by atoms with E-state index in [1.165, 1.54) is 0 Å². The lowest BCUT2D eigenvalue weighted by Crippen LogP contribution is -2.08. The third-order valence-corrected chi connectivity index (χ3v) is 2.01. The van der Waals surface area contributed by atoms with E-state index in [0.717, 1.165) is 18.7 Å². The van der Waals surface area contributed by atoms with Crippen LogP contribution in [0.4, 0.5) is 5.69 Å². The van der Waals surface area contributed by atoms with Crippen molar-refractivity contribution < 1.29 is 9.84 Å². The second-order valence-electron chi connectivity index (χ2n) is 3.33. The van der Waals surface area contributed by atoms with E-state index < -0.39 is 0 Å². The summed E-state index contributed by atoms with van der Waals surface area (Å²) in [7, 11) is 0. The van der Waals surface area contributed by atoms with Gasteiger partial charge in [-0.05, 0) is 6.42 Å². The maximum atomic E-state index is 8.52. The predicted octanol–water partition coefficient (Wildman–Crippen LogP) is 0.880. The Balaban J connectivity index is 2.20. The van der Waals surface area contributed by atoms with Gasteiger partial charge in [-0.25, -0.2) is 0 Å². The van der Waals surface area contributed by atoms with E-state index >= 15 is 0 Å². The summed E-state index contributed by atoms with van der Waals surface area (Å²) in [6.07, 6.45) is 6.53. The van der Waals surface area contributed by atoms with Gasteiger partial charge in [-0.3, -0.25) is 4.68 Å². The van der Waals surface area contributed by atoms with Gasteiger partial charge in [-0.15, -0.1) is 6.58 Å². The van der Waals surface area contributed by atoms with Gasteiger partial charge in [0.15, 0.2) is 0 Å². The van der Waals surface area contributed by atoms with Gasteiger partial charge in [0.25, 0.3) is 0 Å². The molecule has 0 atom stereocenters. The standard InChI is InChI=1S/C11H19N3O2/c1-2-3-4-12-11-9-13-14(10-11)5-7-16-8-6-15/h2,9-10,12,15H,1,3-8H2. The Bertz CT molecular complexity index is 299. The molecule has 1 aromatic heterocycles. The molecular weight excluding hydrogens is 206 g/mol. The topological polar surface area (TPSA) is 59.3 Å². The van der Waals surface area contributed by atoms with Crippen molar-refractivity contribution in [1.29, 1.82) is 0 Å². The van der Waals surface area contributed by atoms with Gasteiger partial charge < -0.3 is 15.2 Å². The maximum Gasteiger partial charge on any atom is 0.0726 e. The fourth-order valence-electron chi connectivity index (χ4n) is 1.22. The van der Waals surface area contributed by atoms with Crippen LogP contribution in [0, 0.1) is 0 Å². The molecule has 0 saturated carbocycles. The molecule has 0 fully saturated rings. The van der Waals surface area contributed by atoms with E-state index in [9.17, 15) is 0 Å². The van der Waals surface area contributed by atoms with Crippen LogP contribution in [0.3, 0.4) is 0 Å². The Morgan fingerprint density at radius 3 is 3.19 bits per heavy atom. The molecule has 2 N–H and O–H groups in total. The summed E-state index contributed by atoms with van der Waals surface area (Å²) in [4.78, 5) is 0. The first-order valence-electron chi connectivity index (χ1n) is 5.42. The molecule has 0 aromatic carbocycles. The summed E-state index contributed by atoms with van der Waals surface area (Å²) >= 11 is 0. The summed E-state index contributed by atoms with van der Waals surface area (Å²) in [6.45, 7) is 6.23. The van der Waals surface area contributed by atoms with Crippen LogP contribution in [-0.2, 0) is 11.3 Å². The van der Waals surface area contributed by atoms with Gasteiger partial charge in [0.1, 0.15) is 0 Å². The van der Waals surface area contributed by atoms with E-state index in [-0.39, 0.29) is 6.61 Å². The lowest BCUT2D eigenvalue weighted by molar-refractivity contribution is 0.0854. The van der Waals surface area contributed by atoms with E-state index in [4.69, 9.17) is 9.84 Å². The first-order chi connectivity index (χ1) is 7.86. The number of anilines is 1. The van der Waals surface area contributed by atoms with Crippen LogP contribution in [0.1, 0.15) is 6.42 Å². The molecule has 0 aliphatic carbocycles. The van der Waals surface area contributed by atoms with Crippen LogP contribution < -0.4 is 5.32 Å². The van der Waals surface area contributed by atoms with Gasteiger partial charge in [0, 0.05) is 12.7 Å².